The molecule has 1 N–H and O–H groups in total. The number of anilines is 2. The lowest BCUT2D eigenvalue weighted by Crippen LogP contribution is -2.18. The van der Waals surface area contributed by atoms with Crippen molar-refractivity contribution >= 4 is 11.6 Å². The van der Waals surface area contributed by atoms with Gasteiger partial charge in [-0.15, -0.1) is 0 Å². The van der Waals surface area contributed by atoms with Gasteiger partial charge in [-0.2, -0.15) is 5.26 Å². The smallest absolute Gasteiger partial charge is 0.230 e. The highest BCUT2D eigenvalue weighted by atomic mass is 16.3. The molecule has 5 heteroatoms. The topological polar surface area (TPSA) is 73.0 Å². The largest absolute Gasteiger partial charge is 0.508 e. The van der Waals surface area contributed by atoms with Gasteiger partial charge in [-0.3, -0.25) is 0 Å². The predicted molar refractivity (Wildman–Crippen MR) is 87.1 cm³/mol. The Kier molecular flexibility index (Phi) is 4.16. The summed E-state index contributed by atoms with van der Waals surface area (Å²) < 4.78 is 0. The average Bonchev–Trinajstić information content (AvgIpc) is 2.62. The van der Waals surface area contributed by atoms with Gasteiger partial charge in [0, 0.05) is 18.1 Å². The Bertz CT molecular complexity index is 808. The zero-order valence-corrected chi connectivity index (χ0v) is 12.3. The number of rotatable bonds is 4. The second-order valence-corrected chi connectivity index (χ2v) is 4.96. The van der Waals surface area contributed by atoms with E-state index in [1.165, 1.54) is 0 Å². The zero-order valence-electron chi connectivity index (χ0n) is 12.3. The summed E-state index contributed by atoms with van der Waals surface area (Å²) >= 11 is 0. The maximum Gasteiger partial charge on any atom is 0.230 e. The van der Waals surface area contributed by atoms with Crippen molar-refractivity contribution in [1.82, 2.24) is 9.97 Å². The fraction of sp³-hybridized carbons (Fsp3) is 0.0556. The summed E-state index contributed by atoms with van der Waals surface area (Å²) in [5.74, 6) is 0.805. The average molecular weight is 302 g/mol. The Morgan fingerprint density at radius 3 is 2.22 bits per heavy atom. The SMILES string of the molecule is N#Cc1ccc(N(Cc2ccc(O)cc2)c2ncccn2)cc1. The van der Waals surface area contributed by atoms with Gasteiger partial charge in [-0.25, -0.2) is 9.97 Å². The normalized spacial score (nSPS) is 10.0. The van der Waals surface area contributed by atoms with E-state index in [2.05, 4.69) is 16.0 Å². The molecule has 0 saturated heterocycles. The van der Waals surface area contributed by atoms with Crippen LogP contribution in [0.1, 0.15) is 11.1 Å². The van der Waals surface area contributed by atoms with E-state index in [1.807, 2.05) is 29.2 Å². The molecule has 0 amide bonds. The Morgan fingerprint density at radius 1 is 0.957 bits per heavy atom. The molecule has 0 bridgehead atoms. The van der Waals surface area contributed by atoms with Crippen LogP contribution in [-0.2, 0) is 6.54 Å². The standard InChI is InChI=1S/C18H14N4O/c19-12-14-2-6-16(7-3-14)22(18-20-10-1-11-21-18)13-15-4-8-17(23)9-5-15/h1-11,23H,13H2. The molecule has 112 valence electrons. The monoisotopic (exact) mass is 302 g/mol. The van der Waals surface area contributed by atoms with Crippen molar-refractivity contribution in [2.24, 2.45) is 0 Å². The lowest BCUT2D eigenvalue weighted by Gasteiger charge is -2.22. The second kappa shape index (κ2) is 6.58. The highest BCUT2D eigenvalue weighted by molar-refractivity contribution is 5.58. The van der Waals surface area contributed by atoms with Gasteiger partial charge in [0.25, 0.3) is 0 Å². The number of phenols is 1. The van der Waals surface area contributed by atoms with E-state index in [0.29, 0.717) is 18.1 Å². The van der Waals surface area contributed by atoms with E-state index in [1.54, 1.807) is 42.7 Å². The molecule has 3 rings (SSSR count). The Morgan fingerprint density at radius 2 is 1.61 bits per heavy atom. The third-order valence-electron chi connectivity index (χ3n) is 3.38. The predicted octanol–water partition coefficient (Wildman–Crippen LogP) is 3.39. The highest BCUT2D eigenvalue weighted by Gasteiger charge is 2.12. The van der Waals surface area contributed by atoms with Crippen molar-refractivity contribution in [3.8, 4) is 11.8 Å². The summed E-state index contributed by atoms with van der Waals surface area (Å²) in [5.41, 5.74) is 2.51. The maximum atomic E-state index is 9.41. The molecule has 2 aromatic carbocycles. The molecule has 0 aliphatic heterocycles. The third kappa shape index (κ3) is 3.44. The van der Waals surface area contributed by atoms with Crippen LogP contribution in [0.25, 0.3) is 0 Å². The highest BCUT2D eigenvalue weighted by Crippen LogP contribution is 2.25. The Balaban J connectivity index is 1.96. The van der Waals surface area contributed by atoms with E-state index in [-0.39, 0.29) is 5.75 Å². The van der Waals surface area contributed by atoms with E-state index in [4.69, 9.17) is 5.26 Å². The van der Waals surface area contributed by atoms with Crippen LogP contribution in [0, 0.1) is 11.3 Å². The van der Waals surface area contributed by atoms with Gasteiger partial charge < -0.3 is 10.0 Å². The lowest BCUT2D eigenvalue weighted by atomic mass is 10.1. The van der Waals surface area contributed by atoms with Crippen LogP contribution in [0.5, 0.6) is 5.75 Å². The van der Waals surface area contributed by atoms with Crippen molar-refractivity contribution in [1.29, 1.82) is 5.26 Å². The summed E-state index contributed by atoms with van der Waals surface area (Å²) in [4.78, 5) is 10.6. The van der Waals surface area contributed by atoms with Gasteiger partial charge in [0.2, 0.25) is 5.95 Å². The van der Waals surface area contributed by atoms with Gasteiger partial charge >= 0.3 is 0 Å². The molecule has 3 aromatic rings. The number of hydrogen-bond acceptors (Lipinski definition) is 5. The number of aromatic hydroxyl groups is 1. The van der Waals surface area contributed by atoms with Crippen molar-refractivity contribution < 1.29 is 5.11 Å². The van der Waals surface area contributed by atoms with Crippen LogP contribution in [0.4, 0.5) is 11.6 Å². The van der Waals surface area contributed by atoms with Crippen molar-refractivity contribution in [3.05, 3.63) is 78.1 Å². The first-order chi connectivity index (χ1) is 11.3. The molecule has 1 heterocycles. The summed E-state index contributed by atoms with van der Waals surface area (Å²) in [7, 11) is 0. The van der Waals surface area contributed by atoms with Crippen molar-refractivity contribution in [3.63, 3.8) is 0 Å². The number of phenolic OH excluding ortho intramolecular Hbond substituents is 1. The number of nitrogens with zero attached hydrogens (tertiary/aromatic N) is 4. The zero-order chi connectivity index (χ0) is 16.1. The molecule has 23 heavy (non-hydrogen) atoms. The molecule has 5 nitrogen and oxygen atoms in total. The Hall–Kier alpha value is -3.39. The van der Waals surface area contributed by atoms with E-state index in [0.717, 1.165) is 11.3 Å². The van der Waals surface area contributed by atoms with Crippen LogP contribution in [0.3, 0.4) is 0 Å². The molecule has 0 saturated carbocycles. The third-order valence-corrected chi connectivity index (χ3v) is 3.38. The van der Waals surface area contributed by atoms with E-state index in [9.17, 15) is 5.11 Å². The minimum Gasteiger partial charge on any atom is -0.508 e. The van der Waals surface area contributed by atoms with Gasteiger partial charge in [-0.05, 0) is 48.0 Å². The van der Waals surface area contributed by atoms with E-state index >= 15 is 0 Å². The second-order valence-electron chi connectivity index (χ2n) is 4.96. The van der Waals surface area contributed by atoms with Gasteiger partial charge in [0.1, 0.15) is 5.75 Å². The first-order valence-corrected chi connectivity index (χ1v) is 7.09. The van der Waals surface area contributed by atoms with Crippen LogP contribution >= 0.6 is 0 Å². The van der Waals surface area contributed by atoms with Crippen LogP contribution in [0.2, 0.25) is 0 Å². The van der Waals surface area contributed by atoms with Gasteiger partial charge in [0.05, 0.1) is 18.2 Å². The summed E-state index contributed by atoms with van der Waals surface area (Å²) in [6.45, 7) is 0.552. The molecule has 0 radical (unpaired) electrons. The minimum absolute atomic E-state index is 0.231. The van der Waals surface area contributed by atoms with Crippen LogP contribution in [0.15, 0.2) is 67.0 Å². The minimum atomic E-state index is 0.231. The molecule has 0 atom stereocenters. The summed E-state index contributed by atoms with van der Waals surface area (Å²) in [6.07, 6.45) is 3.38. The number of aromatic nitrogens is 2. The van der Waals surface area contributed by atoms with Gasteiger partial charge in [-0.1, -0.05) is 12.1 Å². The molecule has 0 fully saturated rings. The molecule has 0 spiro atoms. The first kappa shape index (κ1) is 14.5. The van der Waals surface area contributed by atoms with Crippen LogP contribution in [-0.4, -0.2) is 15.1 Å². The van der Waals surface area contributed by atoms with Crippen molar-refractivity contribution in [2.75, 3.05) is 4.90 Å². The van der Waals surface area contributed by atoms with Crippen molar-refractivity contribution in [2.45, 2.75) is 6.54 Å². The number of benzene rings is 2. The molecular formula is C18H14N4O. The summed E-state index contributed by atoms with van der Waals surface area (Å²) in [6, 6.07) is 18.2. The van der Waals surface area contributed by atoms with E-state index < -0.39 is 0 Å². The lowest BCUT2D eigenvalue weighted by molar-refractivity contribution is 0.475. The number of hydrogen-bond donors (Lipinski definition) is 1. The first-order valence-electron chi connectivity index (χ1n) is 7.09. The maximum absolute atomic E-state index is 9.41. The molecule has 0 aliphatic carbocycles. The van der Waals surface area contributed by atoms with Gasteiger partial charge in [0.15, 0.2) is 0 Å². The number of nitriles is 1. The molecular weight excluding hydrogens is 288 g/mol. The molecule has 0 unspecified atom stereocenters. The quantitative estimate of drug-likeness (QED) is 0.799. The van der Waals surface area contributed by atoms with Crippen LogP contribution < -0.4 is 4.90 Å². The fourth-order valence-electron chi connectivity index (χ4n) is 2.21. The molecule has 0 aliphatic rings. The Labute approximate surface area is 134 Å². The fourth-order valence-corrected chi connectivity index (χ4v) is 2.21. The summed E-state index contributed by atoms with van der Waals surface area (Å²) in [5, 5.41) is 18.3. The molecule has 1 aromatic heterocycles.